The van der Waals surface area contributed by atoms with Gasteiger partial charge in [0.15, 0.2) is 0 Å². The van der Waals surface area contributed by atoms with Crippen LogP contribution in [0.3, 0.4) is 0 Å². The first-order valence-electron chi connectivity index (χ1n) is 6.27. The number of aromatic nitrogens is 2. The lowest BCUT2D eigenvalue weighted by atomic mass is 10.2. The molecule has 0 radical (unpaired) electrons. The van der Waals surface area contributed by atoms with Gasteiger partial charge in [-0.25, -0.2) is 9.36 Å². The van der Waals surface area contributed by atoms with Crippen molar-refractivity contribution in [1.29, 1.82) is 0 Å². The molecule has 0 unspecified atom stereocenters. The van der Waals surface area contributed by atoms with Crippen LogP contribution in [0.2, 0.25) is 5.15 Å². The summed E-state index contributed by atoms with van der Waals surface area (Å²) in [5, 5.41) is 0.113. The normalized spacial score (nSPS) is 10.6. The molecule has 20 heavy (non-hydrogen) atoms. The Morgan fingerprint density at radius 1 is 1.30 bits per heavy atom. The molecule has 1 N–H and O–H groups in total. The quantitative estimate of drug-likeness (QED) is 0.878. The summed E-state index contributed by atoms with van der Waals surface area (Å²) in [6.45, 7) is 1.82. The highest BCUT2D eigenvalue weighted by Crippen LogP contribution is 2.15. The van der Waals surface area contributed by atoms with Crippen LogP contribution in [0.15, 0.2) is 33.9 Å². The van der Waals surface area contributed by atoms with E-state index in [9.17, 15) is 9.59 Å². The van der Waals surface area contributed by atoms with Crippen LogP contribution in [0.1, 0.15) is 12.5 Å². The third kappa shape index (κ3) is 2.49. The fraction of sp³-hybridized carbons (Fsp3) is 0.286. The molecule has 0 amide bonds. The van der Waals surface area contributed by atoms with Crippen LogP contribution < -0.4 is 16.1 Å². The van der Waals surface area contributed by atoms with Crippen molar-refractivity contribution in [2.75, 3.05) is 19.0 Å². The van der Waals surface area contributed by atoms with Gasteiger partial charge in [-0.15, -0.1) is 0 Å². The second-order valence-corrected chi connectivity index (χ2v) is 5.01. The fourth-order valence-electron chi connectivity index (χ4n) is 2.00. The van der Waals surface area contributed by atoms with Crippen molar-refractivity contribution in [3.05, 3.63) is 55.8 Å². The van der Waals surface area contributed by atoms with Crippen LogP contribution in [0, 0.1) is 0 Å². The zero-order valence-corrected chi connectivity index (χ0v) is 12.4. The third-order valence-corrected chi connectivity index (χ3v) is 3.43. The minimum Gasteiger partial charge on any atom is -0.378 e. The third-order valence-electron chi connectivity index (χ3n) is 3.10. The predicted molar refractivity (Wildman–Crippen MR) is 81.4 cm³/mol. The molecule has 5 nitrogen and oxygen atoms in total. The molecule has 1 aromatic carbocycles. The van der Waals surface area contributed by atoms with Crippen LogP contribution >= 0.6 is 11.6 Å². The van der Waals surface area contributed by atoms with Crippen molar-refractivity contribution < 1.29 is 0 Å². The first-order valence-corrected chi connectivity index (χ1v) is 6.65. The van der Waals surface area contributed by atoms with E-state index in [1.165, 1.54) is 0 Å². The van der Waals surface area contributed by atoms with E-state index < -0.39 is 5.69 Å². The lowest BCUT2D eigenvalue weighted by Gasteiger charge is -2.14. The molecule has 0 atom stereocenters. The summed E-state index contributed by atoms with van der Waals surface area (Å²) in [7, 11) is 3.79. The standard InChI is InChI=1S/C14H16ClN3O2/c1-4-11-12(15)16-14(20)18(13(11)19)10-7-5-6-9(8-10)17(2)3/h5-8H,4H2,1-3H3,(H,16,20). The summed E-state index contributed by atoms with van der Waals surface area (Å²) >= 11 is 5.90. The van der Waals surface area contributed by atoms with Gasteiger partial charge in [0.25, 0.3) is 5.56 Å². The lowest BCUT2D eigenvalue weighted by molar-refractivity contribution is 0.841. The molecule has 0 aliphatic carbocycles. The molecule has 0 saturated carbocycles. The zero-order valence-electron chi connectivity index (χ0n) is 11.6. The first-order chi connectivity index (χ1) is 9.45. The Labute approximate surface area is 121 Å². The second-order valence-electron chi connectivity index (χ2n) is 4.63. The average Bonchev–Trinajstić information content (AvgIpc) is 2.39. The Morgan fingerprint density at radius 3 is 2.60 bits per heavy atom. The van der Waals surface area contributed by atoms with Gasteiger partial charge >= 0.3 is 5.69 Å². The number of nitrogens with one attached hydrogen (secondary N) is 1. The minimum absolute atomic E-state index is 0.113. The molecule has 0 aliphatic rings. The molecule has 1 heterocycles. The molecule has 0 bridgehead atoms. The number of nitrogens with zero attached hydrogens (tertiary/aromatic N) is 2. The fourth-order valence-corrected chi connectivity index (χ4v) is 2.29. The molecule has 0 aliphatic heterocycles. The molecule has 106 valence electrons. The maximum absolute atomic E-state index is 12.4. The first kappa shape index (κ1) is 14.4. The van der Waals surface area contributed by atoms with Gasteiger partial charge in [-0.3, -0.25) is 9.78 Å². The summed E-state index contributed by atoms with van der Waals surface area (Å²) in [5.41, 5.74) is 0.919. The average molecular weight is 294 g/mol. The zero-order chi connectivity index (χ0) is 14.9. The summed E-state index contributed by atoms with van der Waals surface area (Å²) in [4.78, 5) is 28.8. The Morgan fingerprint density at radius 2 is 2.00 bits per heavy atom. The van der Waals surface area contributed by atoms with E-state index >= 15 is 0 Å². The molecule has 0 saturated heterocycles. The highest BCUT2D eigenvalue weighted by molar-refractivity contribution is 6.30. The van der Waals surface area contributed by atoms with Gasteiger partial charge in [-0.2, -0.15) is 0 Å². The summed E-state index contributed by atoms with van der Waals surface area (Å²) in [5.74, 6) is 0. The second kappa shape index (κ2) is 5.54. The number of hydrogen-bond acceptors (Lipinski definition) is 3. The molecule has 6 heteroatoms. The maximum Gasteiger partial charge on any atom is 0.334 e. The number of hydrogen-bond donors (Lipinski definition) is 1. The van der Waals surface area contributed by atoms with E-state index in [1.54, 1.807) is 18.2 Å². The van der Waals surface area contributed by atoms with Crippen LogP contribution in [-0.4, -0.2) is 23.6 Å². The smallest absolute Gasteiger partial charge is 0.334 e. The molecule has 2 aromatic rings. The molecule has 0 spiro atoms. The highest BCUT2D eigenvalue weighted by Gasteiger charge is 2.13. The Hall–Kier alpha value is -2.01. The van der Waals surface area contributed by atoms with Crippen LogP contribution in [0.4, 0.5) is 5.69 Å². The van der Waals surface area contributed by atoms with Crippen molar-refractivity contribution in [2.24, 2.45) is 0 Å². The number of aromatic amines is 1. The van der Waals surface area contributed by atoms with Crippen LogP contribution in [0.25, 0.3) is 5.69 Å². The lowest BCUT2D eigenvalue weighted by Crippen LogP contribution is -2.36. The van der Waals surface area contributed by atoms with Crippen LogP contribution in [-0.2, 0) is 6.42 Å². The van der Waals surface area contributed by atoms with Gasteiger partial charge in [-0.05, 0) is 24.6 Å². The number of H-pyrrole nitrogens is 1. The van der Waals surface area contributed by atoms with Gasteiger partial charge < -0.3 is 4.90 Å². The molecule has 2 rings (SSSR count). The van der Waals surface area contributed by atoms with Crippen molar-refractivity contribution in [1.82, 2.24) is 9.55 Å². The van der Waals surface area contributed by atoms with Crippen molar-refractivity contribution in [3.8, 4) is 5.69 Å². The molecular formula is C14H16ClN3O2. The Balaban J connectivity index is 2.73. The summed E-state index contributed by atoms with van der Waals surface area (Å²) in [6.07, 6.45) is 0.460. The van der Waals surface area contributed by atoms with Crippen LogP contribution in [0.5, 0.6) is 0 Å². The van der Waals surface area contributed by atoms with Gasteiger partial charge in [-0.1, -0.05) is 24.6 Å². The summed E-state index contributed by atoms with van der Waals surface area (Å²) < 4.78 is 1.11. The molecule has 1 aromatic heterocycles. The van der Waals surface area contributed by atoms with E-state index in [0.29, 0.717) is 17.7 Å². The van der Waals surface area contributed by atoms with Crippen molar-refractivity contribution in [3.63, 3.8) is 0 Å². The maximum atomic E-state index is 12.4. The SMILES string of the molecule is CCc1c(Cl)[nH]c(=O)n(-c2cccc(N(C)C)c2)c1=O. The van der Waals surface area contributed by atoms with Crippen molar-refractivity contribution in [2.45, 2.75) is 13.3 Å². The van der Waals surface area contributed by atoms with E-state index in [-0.39, 0.29) is 10.7 Å². The molecule has 0 fully saturated rings. The minimum atomic E-state index is -0.534. The highest BCUT2D eigenvalue weighted by atomic mass is 35.5. The van der Waals surface area contributed by atoms with Gasteiger partial charge in [0.2, 0.25) is 0 Å². The number of rotatable bonds is 3. The number of benzene rings is 1. The molecular weight excluding hydrogens is 278 g/mol. The largest absolute Gasteiger partial charge is 0.378 e. The monoisotopic (exact) mass is 293 g/mol. The van der Waals surface area contributed by atoms with E-state index in [1.807, 2.05) is 32.0 Å². The summed E-state index contributed by atoms with van der Waals surface area (Å²) in [6, 6.07) is 7.21. The Kier molecular flexibility index (Phi) is 3.99. The predicted octanol–water partition coefficient (Wildman–Crippen LogP) is 1.81. The van der Waals surface area contributed by atoms with E-state index in [0.717, 1.165) is 10.3 Å². The van der Waals surface area contributed by atoms with Gasteiger partial charge in [0.1, 0.15) is 5.15 Å². The van der Waals surface area contributed by atoms with E-state index in [2.05, 4.69) is 4.98 Å². The van der Waals surface area contributed by atoms with Gasteiger partial charge in [0.05, 0.1) is 11.3 Å². The number of halogens is 1. The number of anilines is 1. The van der Waals surface area contributed by atoms with E-state index in [4.69, 9.17) is 11.6 Å². The van der Waals surface area contributed by atoms with Gasteiger partial charge in [0, 0.05) is 19.8 Å². The van der Waals surface area contributed by atoms with Crippen molar-refractivity contribution >= 4 is 17.3 Å². The topological polar surface area (TPSA) is 58.1 Å². The Bertz CT molecular complexity index is 747.